The van der Waals surface area contributed by atoms with Crippen LogP contribution in [-0.2, 0) is 9.53 Å². The van der Waals surface area contributed by atoms with E-state index >= 15 is 0 Å². The number of nitrogens with one attached hydrogen (secondary N) is 1. The van der Waals surface area contributed by atoms with Gasteiger partial charge in [-0.3, -0.25) is 4.79 Å². The van der Waals surface area contributed by atoms with Gasteiger partial charge < -0.3 is 10.1 Å². The molecule has 3 rings (SSSR count). The zero-order chi connectivity index (χ0) is 16.9. The van der Waals surface area contributed by atoms with Gasteiger partial charge in [-0.15, -0.1) is 5.10 Å². The number of carbonyl (C=O) groups is 1. The second-order valence-corrected chi connectivity index (χ2v) is 6.80. The van der Waals surface area contributed by atoms with Gasteiger partial charge in [-0.2, -0.15) is 4.68 Å². The number of hydrogen-bond acceptors (Lipinski definition) is 6. The van der Waals surface area contributed by atoms with Crippen molar-refractivity contribution in [2.45, 2.75) is 36.3 Å². The van der Waals surface area contributed by atoms with Crippen LogP contribution in [0.4, 0.5) is 4.39 Å². The molecule has 2 aromatic rings. The van der Waals surface area contributed by atoms with Gasteiger partial charge in [0.2, 0.25) is 11.1 Å². The lowest BCUT2D eigenvalue weighted by atomic mass is 10.2. The minimum Gasteiger partial charge on any atom is -0.376 e. The molecule has 0 radical (unpaired) electrons. The fourth-order valence-electron chi connectivity index (χ4n) is 2.40. The van der Waals surface area contributed by atoms with Crippen LogP contribution in [0.5, 0.6) is 0 Å². The van der Waals surface area contributed by atoms with Gasteiger partial charge in [-0.1, -0.05) is 17.8 Å². The summed E-state index contributed by atoms with van der Waals surface area (Å²) in [4.78, 5) is 12.2. The fraction of sp³-hybridized carbons (Fsp3) is 0.467. The summed E-state index contributed by atoms with van der Waals surface area (Å²) in [6.07, 6.45) is 2.11. The van der Waals surface area contributed by atoms with Crippen LogP contribution in [0.1, 0.15) is 19.8 Å². The van der Waals surface area contributed by atoms with Crippen molar-refractivity contribution in [2.75, 3.05) is 13.2 Å². The molecule has 1 N–H and O–H groups in total. The van der Waals surface area contributed by atoms with E-state index in [1.807, 2.05) is 0 Å². The maximum atomic E-state index is 13.4. The molecule has 1 aliphatic rings. The predicted molar refractivity (Wildman–Crippen MR) is 86.4 cm³/mol. The third kappa shape index (κ3) is 4.09. The van der Waals surface area contributed by atoms with E-state index in [9.17, 15) is 9.18 Å². The lowest BCUT2D eigenvalue weighted by molar-refractivity contribution is -0.120. The molecule has 0 aliphatic carbocycles. The van der Waals surface area contributed by atoms with Crippen molar-refractivity contribution in [1.29, 1.82) is 0 Å². The molecule has 7 nitrogen and oxygen atoms in total. The quantitative estimate of drug-likeness (QED) is 0.796. The van der Waals surface area contributed by atoms with Gasteiger partial charge in [0.15, 0.2) is 0 Å². The average molecular weight is 351 g/mol. The molecule has 1 fully saturated rings. The summed E-state index contributed by atoms with van der Waals surface area (Å²) in [6, 6.07) is 5.97. The number of ether oxygens (including phenoxy) is 1. The molecule has 128 valence electrons. The first-order valence-corrected chi connectivity index (χ1v) is 8.62. The molecule has 0 unspecified atom stereocenters. The molecule has 24 heavy (non-hydrogen) atoms. The molecule has 0 bridgehead atoms. The van der Waals surface area contributed by atoms with Crippen molar-refractivity contribution in [3.8, 4) is 5.69 Å². The highest BCUT2D eigenvalue weighted by Crippen LogP contribution is 2.23. The Labute approximate surface area is 142 Å². The van der Waals surface area contributed by atoms with E-state index in [0.717, 1.165) is 19.4 Å². The number of carbonyl (C=O) groups excluding carboxylic acids is 1. The second-order valence-electron chi connectivity index (χ2n) is 5.49. The van der Waals surface area contributed by atoms with Crippen LogP contribution < -0.4 is 5.32 Å². The van der Waals surface area contributed by atoms with E-state index < -0.39 is 0 Å². The SMILES string of the molecule is C[C@H](Sc1nnnn1-c1cccc(F)c1)C(=O)NC[C@H]1CCCO1. The zero-order valence-electron chi connectivity index (χ0n) is 13.2. The number of halogens is 1. The highest BCUT2D eigenvalue weighted by atomic mass is 32.2. The lowest BCUT2D eigenvalue weighted by Crippen LogP contribution is -2.36. The molecule has 1 amide bonds. The van der Waals surface area contributed by atoms with Gasteiger partial charge in [0, 0.05) is 13.2 Å². The van der Waals surface area contributed by atoms with Crippen LogP contribution in [0.2, 0.25) is 0 Å². The van der Waals surface area contributed by atoms with Gasteiger partial charge >= 0.3 is 0 Å². The lowest BCUT2D eigenvalue weighted by Gasteiger charge is -2.14. The predicted octanol–water partition coefficient (Wildman–Crippen LogP) is 1.58. The number of nitrogens with zero attached hydrogens (tertiary/aromatic N) is 4. The fourth-order valence-corrected chi connectivity index (χ4v) is 3.23. The van der Waals surface area contributed by atoms with Gasteiger partial charge in [0.25, 0.3) is 0 Å². The normalized spacial score (nSPS) is 18.5. The van der Waals surface area contributed by atoms with Crippen LogP contribution in [0.3, 0.4) is 0 Å². The Kier molecular flexibility index (Phi) is 5.41. The first-order valence-electron chi connectivity index (χ1n) is 7.74. The van der Waals surface area contributed by atoms with Crippen LogP contribution in [0.25, 0.3) is 5.69 Å². The second kappa shape index (κ2) is 7.71. The number of amides is 1. The number of tetrazole rings is 1. The van der Waals surface area contributed by atoms with Crippen LogP contribution in [-0.4, -0.2) is 50.6 Å². The van der Waals surface area contributed by atoms with Crippen molar-refractivity contribution < 1.29 is 13.9 Å². The molecule has 0 saturated carbocycles. The Hall–Kier alpha value is -2.00. The Balaban J connectivity index is 1.61. The summed E-state index contributed by atoms with van der Waals surface area (Å²) in [5.41, 5.74) is 0.509. The molecule has 2 heterocycles. The Bertz CT molecular complexity index is 705. The summed E-state index contributed by atoms with van der Waals surface area (Å²) >= 11 is 1.22. The van der Waals surface area contributed by atoms with Crippen LogP contribution in [0.15, 0.2) is 29.4 Å². The first kappa shape index (κ1) is 16.8. The molecule has 1 saturated heterocycles. The monoisotopic (exact) mass is 351 g/mol. The zero-order valence-corrected chi connectivity index (χ0v) is 14.0. The third-order valence-corrected chi connectivity index (χ3v) is 4.71. The summed E-state index contributed by atoms with van der Waals surface area (Å²) in [5.74, 6) is -0.481. The largest absolute Gasteiger partial charge is 0.376 e. The van der Waals surface area contributed by atoms with Gasteiger partial charge in [-0.05, 0) is 48.4 Å². The smallest absolute Gasteiger partial charge is 0.233 e. The molecular formula is C15H18FN5O2S. The van der Waals surface area contributed by atoms with Crippen molar-refractivity contribution in [3.63, 3.8) is 0 Å². The summed E-state index contributed by atoms with van der Waals surface area (Å²) in [6.45, 7) is 3.05. The van der Waals surface area contributed by atoms with Crippen LogP contribution in [0, 0.1) is 5.82 Å². The van der Waals surface area contributed by atoms with Crippen molar-refractivity contribution in [2.24, 2.45) is 0 Å². The summed E-state index contributed by atoms with van der Waals surface area (Å²) in [5, 5.41) is 14.3. The Morgan fingerprint density at radius 2 is 2.46 bits per heavy atom. The van der Waals surface area contributed by atoms with Crippen molar-refractivity contribution >= 4 is 17.7 Å². The number of rotatable bonds is 6. The summed E-state index contributed by atoms with van der Waals surface area (Å²) < 4.78 is 20.3. The van der Waals surface area contributed by atoms with Crippen molar-refractivity contribution in [3.05, 3.63) is 30.1 Å². The van der Waals surface area contributed by atoms with Gasteiger partial charge in [0.05, 0.1) is 17.0 Å². The Morgan fingerprint density at radius 1 is 1.58 bits per heavy atom. The average Bonchev–Trinajstić information content (AvgIpc) is 3.24. The Morgan fingerprint density at radius 3 is 3.21 bits per heavy atom. The molecule has 1 aromatic carbocycles. The number of hydrogen-bond donors (Lipinski definition) is 1. The molecule has 1 aliphatic heterocycles. The number of aromatic nitrogens is 4. The summed E-state index contributed by atoms with van der Waals surface area (Å²) in [7, 11) is 0. The number of benzene rings is 1. The molecule has 1 aromatic heterocycles. The van der Waals surface area contributed by atoms with E-state index in [1.54, 1.807) is 19.1 Å². The van der Waals surface area contributed by atoms with Gasteiger partial charge in [0.1, 0.15) is 5.82 Å². The maximum Gasteiger partial charge on any atom is 0.233 e. The number of thioether (sulfide) groups is 1. The third-order valence-electron chi connectivity index (χ3n) is 3.67. The minimum atomic E-state index is -0.385. The highest BCUT2D eigenvalue weighted by molar-refractivity contribution is 8.00. The molecule has 9 heteroatoms. The minimum absolute atomic E-state index is 0.101. The van der Waals surface area contributed by atoms with E-state index in [1.165, 1.54) is 28.6 Å². The first-order chi connectivity index (χ1) is 11.6. The highest BCUT2D eigenvalue weighted by Gasteiger charge is 2.21. The van der Waals surface area contributed by atoms with E-state index in [4.69, 9.17) is 4.74 Å². The van der Waals surface area contributed by atoms with Gasteiger partial charge in [-0.25, -0.2) is 4.39 Å². The maximum absolute atomic E-state index is 13.4. The molecule has 2 atom stereocenters. The molecular weight excluding hydrogens is 333 g/mol. The van der Waals surface area contributed by atoms with E-state index in [0.29, 0.717) is 17.4 Å². The van der Waals surface area contributed by atoms with Crippen molar-refractivity contribution in [1.82, 2.24) is 25.5 Å². The van der Waals surface area contributed by atoms with E-state index in [-0.39, 0.29) is 23.1 Å². The van der Waals surface area contributed by atoms with Crippen LogP contribution >= 0.6 is 11.8 Å². The molecule has 0 spiro atoms. The standard InChI is InChI=1S/C15H18FN5O2S/c1-10(14(22)17-9-13-6-3-7-23-13)24-15-18-19-20-21(15)12-5-2-4-11(16)8-12/h2,4-5,8,10,13H,3,6-7,9H2,1H3,(H,17,22)/t10-,13+/m0/s1. The van der Waals surface area contributed by atoms with E-state index in [2.05, 4.69) is 20.8 Å². The topological polar surface area (TPSA) is 81.9 Å².